The SMILES string of the molecule is CCN(CC)c1ccc(N2CC=C[C@]34O[C@]5(CC)/C=C\CCCOC(=O)[C@@H]5[C@H]3C(=O)N(CCCCCO)C4C2=O)cc1. The number of allylic oxidation sites excluding steroid dienone is 1. The predicted octanol–water partition coefficient (Wildman–Crippen LogP) is 3.85. The molecule has 2 saturated heterocycles. The van der Waals surface area contributed by atoms with Gasteiger partial charge in [0.05, 0.1) is 12.5 Å². The molecule has 9 nitrogen and oxygen atoms in total. The van der Waals surface area contributed by atoms with Gasteiger partial charge in [0.25, 0.3) is 5.91 Å². The van der Waals surface area contributed by atoms with E-state index < -0.39 is 35.0 Å². The molecule has 9 heteroatoms. The van der Waals surface area contributed by atoms with Crippen LogP contribution in [0.25, 0.3) is 0 Å². The Bertz CT molecular complexity index is 1210. The summed E-state index contributed by atoms with van der Waals surface area (Å²) in [6.07, 6.45) is 11.7. The lowest BCUT2D eigenvalue weighted by atomic mass is 9.73. The van der Waals surface area contributed by atoms with Gasteiger partial charge < -0.3 is 29.3 Å². The van der Waals surface area contributed by atoms with Crippen molar-refractivity contribution in [3.8, 4) is 0 Å². The first-order valence-electron chi connectivity index (χ1n) is 15.7. The number of likely N-dealkylation sites (tertiary alicyclic amines) is 1. The number of aliphatic hydroxyl groups excluding tert-OH is 1. The van der Waals surface area contributed by atoms with Crippen LogP contribution in [0.2, 0.25) is 0 Å². The van der Waals surface area contributed by atoms with Gasteiger partial charge >= 0.3 is 5.97 Å². The molecule has 0 saturated carbocycles. The largest absolute Gasteiger partial charge is 0.465 e. The molecule has 1 N–H and O–H groups in total. The fraction of sp³-hybridized carbons (Fsp3) is 0.606. The number of carbonyl (C=O) groups excluding carboxylic acids is 3. The van der Waals surface area contributed by atoms with Gasteiger partial charge in [-0.2, -0.15) is 0 Å². The van der Waals surface area contributed by atoms with Gasteiger partial charge in [0.1, 0.15) is 23.2 Å². The third-order valence-electron chi connectivity index (χ3n) is 9.48. The number of unbranched alkanes of at least 4 members (excludes halogenated alkanes) is 2. The van der Waals surface area contributed by atoms with Crippen LogP contribution in [0.4, 0.5) is 11.4 Å². The highest BCUT2D eigenvalue weighted by molar-refractivity contribution is 6.05. The van der Waals surface area contributed by atoms with Gasteiger partial charge in [-0.3, -0.25) is 14.4 Å². The van der Waals surface area contributed by atoms with Gasteiger partial charge in [-0.25, -0.2) is 0 Å². The summed E-state index contributed by atoms with van der Waals surface area (Å²) in [7, 11) is 0. The van der Waals surface area contributed by atoms with Gasteiger partial charge in [0.15, 0.2) is 0 Å². The number of amides is 2. The number of aliphatic hydroxyl groups is 1. The molecule has 0 aliphatic carbocycles. The van der Waals surface area contributed by atoms with Gasteiger partial charge in [-0.05, 0) is 76.6 Å². The van der Waals surface area contributed by atoms with Crippen molar-refractivity contribution in [2.45, 2.75) is 76.5 Å². The van der Waals surface area contributed by atoms with Crippen LogP contribution in [0.5, 0.6) is 0 Å². The normalized spacial score (nSPS) is 31.4. The predicted molar refractivity (Wildman–Crippen MR) is 161 cm³/mol. The van der Waals surface area contributed by atoms with Crippen molar-refractivity contribution >= 4 is 29.2 Å². The summed E-state index contributed by atoms with van der Waals surface area (Å²) >= 11 is 0. The van der Waals surface area contributed by atoms with Crippen LogP contribution in [0.15, 0.2) is 48.6 Å². The number of hydrogen-bond acceptors (Lipinski definition) is 7. The Balaban J connectivity index is 1.57. The molecule has 0 radical (unpaired) electrons. The fourth-order valence-corrected chi connectivity index (χ4v) is 7.35. The van der Waals surface area contributed by atoms with Crippen molar-refractivity contribution in [1.29, 1.82) is 0 Å². The number of cyclic esters (lactones) is 1. The minimum Gasteiger partial charge on any atom is -0.465 e. The Labute approximate surface area is 249 Å². The minimum absolute atomic E-state index is 0.0747. The van der Waals surface area contributed by atoms with Gasteiger partial charge in [0, 0.05) is 44.2 Å². The molecule has 4 aliphatic heterocycles. The number of rotatable bonds is 10. The third-order valence-corrected chi connectivity index (χ3v) is 9.48. The van der Waals surface area contributed by atoms with E-state index in [1.165, 1.54) is 0 Å². The number of hydrogen-bond donors (Lipinski definition) is 1. The quantitative estimate of drug-likeness (QED) is 0.255. The lowest BCUT2D eigenvalue weighted by Crippen LogP contribution is -2.56. The molecule has 1 aromatic carbocycles. The highest BCUT2D eigenvalue weighted by atomic mass is 16.6. The zero-order valence-corrected chi connectivity index (χ0v) is 25.2. The number of esters is 1. The zero-order chi connectivity index (χ0) is 29.9. The van der Waals surface area contributed by atoms with Crippen LogP contribution in [0, 0.1) is 11.8 Å². The Morgan fingerprint density at radius 1 is 0.952 bits per heavy atom. The summed E-state index contributed by atoms with van der Waals surface area (Å²) in [4.78, 5) is 48.3. The van der Waals surface area contributed by atoms with Crippen molar-refractivity contribution in [3.63, 3.8) is 0 Å². The molecule has 1 unspecified atom stereocenters. The highest BCUT2D eigenvalue weighted by Crippen LogP contribution is 2.58. The van der Waals surface area contributed by atoms with Crippen LogP contribution in [-0.2, 0) is 23.9 Å². The molecule has 1 aromatic rings. The summed E-state index contributed by atoms with van der Waals surface area (Å²) in [6.45, 7) is 8.98. The van der Waals surface area contributed by atoms with Crippen molar-refractivity contribution in [2.24, 2.45) is 11.8 Å². The third kappa shape index (κ3) is 5.04. The molecule has 0 aromatic heterocycles. The maximum absolute atomic E-state index is 14.6. The van der Waals surface area contributed by atoms with Crippen LogP contribution in [0.3, 0.4) is 0 Å². The van der Waals surface area contributed by atoms with Crippen molar-refractivity contribution in [3.05, 3.63) is 48.6 Å². The molecule has 42 heavy (non-hydrogen) atoms. The van der Waals surface area contributed by atoms with Crippen molar-refractivity contribution in [1.82, 2.24) is 4.90 Å². The van der Waals surface area contributed by atoms with E-state index in [2.05, 4.69) is 18.7 Å². The average molecular weight is 580 g/mol. The lowest BCUT2D eigenvalue weighted by molar-refractivity contribution is -0.159. The molecular formula is C33H45N3O6. The number of anilines is 2. The lowest BCUT2D eigenvalue weighted by Gasteiger charge is -2.38. The van der Waals surface area contributed by atoms with E-state index in [0.717, 1.165) is 37.3 Å². The Morgan fingerprint density at radius 3 is 2.40 bits per heavy atom. The van der Waals surface area contributed by atoms with Crippen LogP contribution in [-0.4, -0.2) is 84.4 Å². The van der Waals surface area contributed by atoms with Gasteiger partial charge in [0.2, 0.25) is 5.91 Å². The molecule has 5 rings (SSSR count). The van der Waals surface area contributed by atoms with Crippen LogP contribution >= 0.6 is 0 Å². The first-order chi connectivity index (χ1) is 20.4. The summed E-state index contributed by atoms with van der Waals surface area (Å²) in [5.41, 5.74) is -0.516. The second-order valence-corrected chi connectivity index (χ2v) is 11.7. The van der Waals surface area contributed by atoms with Crippen LogP contribution in [0.1, 0.15) is 59.3 Å². The van der Waals surface area contributed by atoms with E-state index in [-0.39, 0.29) is 25.0 Å². The van der Waals surface area contributed by atoms with Crippen molar-refractivity contribution in [2.75, 3.05) is 49.2 Å². The second kappa shape index (κ2) is 12.6. The maximum Gasteiger partial charge on any atom is 0.313 e. The number of carbonyl (C=O) groups is 3. The second-order valence-electron chi connectivity index (χ2n) is 11.7. The topological polar surface area (TPSA) is 99.6 Å². The Hall–Kier alpha value is -3.17. The summed E-state index contributed by atoms with van der Waals surface area (Å²) in [6, 6.07) is 7.04. The summed E-state index contributed by atoms with van der Waals surface area (Å²) < 4.78 is 12.7. The average Bonchev–Trinajstić information content (AvgIpc) is 3.37. The number of nitrogens with zero attached hydrogens (tertiary/aromatic N) is 3. The standard InChI is InChI=1S/C33H45N3O6/c1-4-32-18-9-7-12-23-41-31(40)27(32)26-29(38)36(20-10-8-11-22-37)28-30(39)35(21-13-19-33(26,28)42-32)25-16-14-24(15-17-25)34(5-2)6-3/h9,13-19,26-28,37H,4-8,10-12,20-23H2,1-3H3/b18-9-/t26-,27-,28?,32+,33-/m0/s1. The van der Waals surface area contributed by atoms with Gasteiger partial charge in [-0.1, -0.05) is 31.2 Å². The molecule has 2 fully saturated rings. The molecule has 4 heterocycles. The monoisotopic (exact) mass is 579 g/mol. The summed E-state index contributed by atoms with van der Waals surface area (Å²) in [5.74, 6) is -2.63. The van der Waals surface area contributed by atoms with E-state index in [9.17, 15) is 19.5 Å². The van der Waals surface area contributed by atoms with Gasteiger partial charge in [-0.15, -0.1) is 0 Å². The number of benzene rings is 1. The molecule has 228 valence electrons. The van der Waals surface area contributed by atoms with E-state index >= 15 is 0 Å². The molecule has 4 aliphatic rings. The molecular weight excluding hydrogens is 534 g/mol. The zero-order valence-electron chi connectivity index (χ0n) is 25.2. The molecule has 5 atom stereocenters. The minimum atomic E-state index is -1.30. The van der Waals surface area contributed by atoms with E-state index in [1.54, 1.807) is 9.80 Å². The number of ether oxygens (including phenoxy) is 2. The Kier molecular flexibility index (Phi) is 9.08. The van der Waals surface area contributed by atoms with E-state index in [4.69, 9.17) is 9.47 Å². The fourth-order valence-electron chi connectivity index (χ4n) is 7.35. The van der Waals surface area contributed by atoms with Crippen molar-refractivity contribution < 1.29 is 29.0 Å². The van der Waals surface area contributed by atoms with Crippen LogP contribution < -0.4 is 9.80 Å². The van der Waals surface area contributed by atoms with E-state index in [0.29, 0.717) is 38.8 Å². The molecule has 1 spiro atoms. The first-order valence-corrected chi connectivity index (χ1v) is 15.7. The summed E-state index contributed by atoms with van der Waals surface area (Å²) in [5, 5.41) is 9.31. The van der Waals surface area contributed by atoms with E-state index in [1.807, 2.05) is 55.5 Å². The Morgan fingerprint density at radius 2 is 1.71 bits per heavy atom. The molecule has 2 amide bonds. The molecule has 0 bridgehead atoms. The smallest absolute Gasteiger partial charge is 0.313 e. The first kappa shape index (κ1) is 30.3. The highest BCUT2D eigenvalue weighted by Gasteiger charge is 2.75. The maximum atomic E-state index is 14.6. The number of fused-ring (bicyclic) bond motifs is 2.